The SMILES string of the molecule is COC(=O)c1[nH]c2ccc(C)cc2c1NC(=O)CN1CCN([C@H](c2ccccc2)c2ccc(Cl)cc2)CC1. The average molecular weight is 531 g/mol. The largest absolute Gasteiger partial charge is 0.464 e. The molecule has 2 heterocycles. The Kier molecular flexibility index (Phi) is 7.79. The Balaban J connectivity index is 1.28. The molecule has 38 heavy (non-hydrogen) atoms. The summed E-state index contributed by atoms with van der Waals surface area (Å²) < 4.78 is 4.94. The molecular weight excluding hydrogens is 500 g/mol. The van der Waals surface area contributed by atoms with Gasteiger partial charge in [0.2, 0.25) is 5.91 Å². The van der Waals surface area contributed by atoms with Gasteiger partial charge in [0.1, 0.15) is 5.69 Å². The van der Waals surface area contributed by atoms with E-state index >= 15 is 0 Å². The van der Waals surface area contributed by atoms with Crippen LogP contribution in [0, 0.1) is 6.92 Å². The van der Waals surface area contributed by atoms with Crippen LogP contribution in [0.5, 0.6) is 0 Å². The molecule has 7 nitrogen and oxygen atoms in total. The third-order valence-corrected chi connectivity index (χ3v) is 7.30. The van der Waals surface area contributed by atoms with Crippen LogP contribution in [0.15, 0.2) is 72.8 Å². The fraction of sp³-hybridized carbons (Fsp3) is 0.267. The molecule has 0 saturated carbocycles. The first-order valence-electron chi connectivity index (χ1n) is 12.7. The Morgan fingerprint density at radius 3 is 2.34 bits per heavy atom. The summed E-state index contributed by atoms with van der Waals surface area (Å²) in [6, 6.07) is 24.4. The maximum Gasteiger partial charge on any atom is 0.356 e. The van der Waals surface area contributed by atoms with Crippen LogP contribution in [0.3, 0.4) is 0 Å². The number of benzene rings is 3. The number of nitrogens with zero attached hydrogens (tertiary/aromatic N) is 2. The standard InChI is InChI=1S/C30H31ClN4O3/c1-20-8-13-25-24(18-20)27(28(32-25)30(37)38-2)33-26(36)19-34-14-16-35(17-15-34)29(21-6-4-3-5-7-21)22-9-11-23(31)12-10-22/h3-13,18,29,32H,14-17,19H2,1-2H3,(H,33,36)/t29-/m1/s1. The number of H-pyrrole nitrogens is 1. The van der Waals surface area contributed by atoms with Crippen LogP contribution in [0.1, 0.15) is 33.2 Å². The van der Waals surface area contributed by atoms with E-state index in [9.17, 15) is 9.59 Å². The van der Waals surface area contributed by atoms with Crippen molar-refractivity contribution in [3.8, 4) is 0 Å². The van der Waals surface area contributed by atoms with Crippen LogP contribution in [0.4, 0.5) is 5.69 Å². The number of carbonyl (C=O) groups excluding carboxylic acids is 2. The lowest BCUT2D eigenvalue weighted by atomic mass is 9.96. The van der Waals surface area contributed by atoms with Gasteiger partial charge < -0.3 is 15.0 Å². The molecule has 2 N–H and O–H groups in total. The van der Waals surface area contributed by atoms with E-state index in [0.717, 1.165) is 47.7 Å². The van der Waals surface area contributed by atoms with Gasteiger partial charge in [-0.1, -0.05) is 65.7 Å². The van der Waals surface area contributed by atoms with Crippen LogP contribution in [0.25, 0.3) is 10.9 Å². The molecule has 3 aromatic carbocycles. The third-order valence-electron chi connectivity index (χ3n) is 7.05. The highest BCUT2D eigenvalue weighted by molar-refractivity contribution is 6.30. The molecule has 1 fully saturated rings. The molecule has 8 heteroatoms. The number of methoxy groups -OCH3 is 1. The number of aromatic amines is 1. The van der Waals surface area contributed by atoms with Crippen molar-refractivity contribution in [2.45, 2.75) is 13.0 Å². The lowest BCUT2D eigenvalue weighted by Crippen LogP contribution is -2.49. The van der Waals surface area contributed by atoms with Crippen molar-refractivity contribution in [3.05, 3.63) is 100 Å². The van der Waals surface area contributed by atoms with Gasteiger partial charge in [0.05, 0.1) is 25.4 Å². The van der Waals surface area contributed by atoms with Gasteiger partial charge in [0.25, 0.3) is 0 Å². The number of rotatable bonds is 7. The van der Waals surface area contributed by atoms with Gasteiger partial charge >= 0.3 is 5.97 Å². The second kappa shape index (κ2) is 11.4. The lowest BCUT2D eigenvalue weighted by molar-refractivity contribution is -0.117. The van der Waals surface area contributed by atoms with E-state index in [-0.39, 0.29) is 24.2 Å². The molecule has 1 aliphatic rings. The fourth-order valence-corrected chi connectivity index (χ4v) is 5.27. The van der Waals surface area contributed by atoms with Gasteiger partial charge in [-0.3, -0.25) is 14.6 Å². The molecule has 1 aliphatic heterocycles. The fourth-order valence-electron chi connectivity index (χ4n) is 5.15. The number of ether oxygens (including phenoxy) is 1. The molecule has 0 aliphatic carbocycles. The zero-order valence-corrected chi connectivity index (χ0v) is 22.3. The summed E-state index contributed by atoms with van der Waals surface area (Å²) in [6.07, 6.45) is 0. The van der Waals surface area contributed by atoms with Crippen LogP contribution in [0.2, 0.25) is 5.02 Å². The second-order valence-corrected chi connectivity index (χ2v) is 10.1. The van der Waals surface area contributed by atoms with Crippen LogP contribution in [-0.4, -0.2) is 66.5 Å². The van der Waals surface area contributed by atoms with Gasteiger partial charge in [0.15, 0.2) is 0 Å². The minimum atomic E-state index is -0.517. The number of carbonyl (C=O) groups is 2. The van der Waals surface area contributed by atoms with Crippen molar-refractivity contribution >= 4 is 40.1 Å². The maximum atomic E-state index is 13.1. The second-order valence-electron chi connectivity index (χ2n) is 9.64. The van der Waals surface area contributed by atoms with E-state index in [1.165, 1.54) is 18.2 Å². The van der Waals surface area contributed by atoms with E-state index in [1.807, 2.05) is 43.3 Å². The number of anilines is 1. The number of aryl methyl sites for hydroxylation is 1. The van der Waals surface area contributed by atoms with E-state index in [0.29, 0.717) is 5.69 Å². The van der Waals surface area contributed by atoms with Gasteiger partial charge in [0, 0.05) is 42.1 Å². The normalized spacial score (nSPS) is 15.3. The summed E-state index contributed by atoms with van der Waals surface area (Å²) in [4.78, 5) is 33.2. The van der Waals surface area contributed by atoms with Gasteiger partial charge in [-0.25, -0.2) is 4.79 Å². The lowest BCUT2D eigenvalue weighted by Gasteiger charge is -2.39. The van der Waals surface area contributed by atoms with E-state index < -0.39 is 5.97 Å². The quantitative estimate of drug-likeness (QED) is 0.319. The Labute approximate surface area is 227 Å². The molecule has 0 radical (unpaired) electrons. The molecule has 0 unspecified atom stereocenters. The number of hydrogen-bond donors (Lipinski definition) is 2. The third kappa shape index (κ3) is 5.60. The highest BCUT2D eigenvalue weighted by atomic mass is 35.5. The molecule has 5 rings (SSSR count). The molecule has 1 amide bonds. The van der Waals surface area contributed by atoms with Crippen molar-refractivity contribution in [2.75, 3.05) is 45.2 Å². The predicted octanol–water partition coefficient (Wildman–Crippen LogP) is 5.26. The van der Waals surface area contributed by atoms with Crippen molar-refractivity contribution in [2.24, 2.45) is 0 Å². The summed E-state index contributed by atoms with van der Waals surface area (Å²) in [5, 5.41) is 4.48. The number of halogens is 1. The molecule has 4 aromatic rings. The Bertz CT molecular complexity index is 1430. The first-order valence-corrected chi connectivity index (χ1v) is 13.1. The first-order chi connectivity index (χ1) is 18.4. The van der Waals surface area contributed by atoms with E-state index in [1.54, 1.807) is 0 Å². The summed E-state index contributed by atoms with van der Waals surface area (Å²) >= 11 is 6.16. The van der Waals surface area contributed by atoms with Crippen LogP contribution in [-0.2, 0) is 9.53 Å². The highest BCUT2D eigenvalue weighted by Crippen LogP contribution is 2.31. The monoisotopic (exact) mass is 530 g/mol. The molecule has 196 valence electrons. The number of fused-ring (bicyclic) bond motifs is 1. The summed E-state index contributed by atoms with van der Waals surface area (Å²) in [5.41, 5.74) is 4.94. The number of nitrogens with one attached hydrogen (secondary N) is 2. The van der Waals surface area contributed by atoms with Crippen LogP contribution >= 0.6 is 11.6 Å². The van der Waals surface area contributed by atoms with E-state index in [4.69, 9.17) is 16.3 Å². The number of aromatic nitrogens is 1. The van der Waals surface area contributed by atoms with Crippen molar-refractivity contribution in [1.82, 2.24) is 14.8 Å². The minimum absolute atomic E-state index is 0.113. The van der Waals surface area contributed by atoms with Gasteiger partial charge in [-0.2, -0.15) is 0 Å². The predicted molar refractivity (Wildman–Crippen MR) is 151 cm³/mol. The maximum absolute atomic E-state index is 13.1. The molecular formula is C30H31ClN4O3. The summed E-state index contributed by atoms with van der Waals surface area (Å²) in [6.45, 7) is 5.35. The number of amides is 1. The number of piperazine rings is 1. The Hall–Kier alpha value is -3.65. The first kappa shape index (κ1) is 26.0. The van der Waals surface area contributed by atoms with Crippen molar-refractivity contribution in [1.29, 1.82) is 0 Å². The topological polar surface area (TPSA) is 77.7 Å². The van der Waals surface area contributed by atoms with Crippen molar-refractivity contribution < 1.29 is 14.3 Å². The summed E-state index contributed by atoms with van der Waals surface area (Å²) in [7, 11) is 1.33. The number of hydrogen-bond acceptors (Lipinski definition) is 5. The molecule has 0 spiro atoms. The smallest absolute Gasteiger partial charge is 0.356 e. The van der Waals surface area contributed by atoms with Crippen LogP contribution < -0.4 is 5.32 Å². The van der Waals surface area contributed by atoms with Gasteiger partial charge in [-0.05, 0) is 42.3 Å². The molecule has 1 atom stereocenters. The zero-order chi connectivity index (χ0) is 26.6. The van der Waals surface area contributed by atoms with E-state index in [2.05, 4.69) is 56.5 Å². The minimum Gasteiger partial charge on any atom is -0.464 e. The average Bonchev–Trinajstić information content (AvgIpc) is 3.28. The molecule has 1 saturated heterocycles. The molecule has 1 aromatic heterocycles. The Morgan fingerprint density at radius 2 is 1.66 bits per heavy atom. The summed E-state index contributed by atoms with van der Waals surface area (Å²) in [5.74, 6) is -0.680. The molecule has 0 bridgehead atoms. The number of esters is 1. The van der Waals surface area contributed by atoms with Gasteiger partial charge in [-0.15, -0.1) is 0 Å². The van der Waals surface area contributed by atoms with Crippen molar-refractivity contribution in [3.63, 3.8) is 0 Å². The zero-order valence-electron chi connectivity index (χ0n) is 21.5. The highest BCUT2D eigenvalue weighted by Gasteiger charge is 2.28. The Morgan fingerprint density at radius 1 is 0.974 bits per heavy atom.